The summed E-state index contributed by atoms with van der Waals surface area (Å²) in [6.07, 6.45) is 8.37. The fourth-order valence-corrected chi connectivity index (χ4v) is 4.41. The van der Waals surface area contributed by atoms with E-state index in [9.17, 15) is 4.79 Å². The lowest BCUT2D eigenvalue weighted by molar-refractivity contribution is -0.137. The summed E-state index contributed by atoms with van der Waals surface area (Å²) >= 11 is 0. The van der Waals surface area contributed by atoms with Crippen LogP contribution in [0.1, 0.15) is 37.4 Å². The molecule has 3 heterocycles. The summed E-state index contributed by atoms with van der Waals surface area (Å²) < 4.78 is 2.29. The Balaban J connectivity index is 1.83. The van der Waals surface area contributed by atoms with Gasteiger partial charge in [0.1, 0.15) is 0 Å². The van der Waals surface area contributed by atoms with Crippen LogP contribution in [0.4, 0.5) is 0 Å². The SMILES string of the molecule is CC[C@@H]1CCC(=O)N2CCc3c(n(C)c4ccccc34)/C=C\[C@H]12. The minimum atomic E-state index is 0.271. The molecule has 2 aliphatic rings. The minimum Gasteiger partial charge on any atom is -0.344 e. The first kappa shape index (κ1) is 14.6. The number of aromatic nitrogens is 1. The number of hydrogen-bond acceptors (Lipinski definition) is 1. The van der Waals surface area contributed by atoms with Crippen LogP contribution in [0.2, 0.25) is 0 Å². The molecule has 4 rings (SSSR count). The molecule has 1 fully saturated rings. The van der Waals surface area contributed by atoms with Crippen molar-refractivity contribution in [2.45, 2.75) is 38.6 Å². The maximum absolute atomic E-state index is 12.4. The monoisotopic (exact) mass is 308 g/mol. The van der Waals surface area contributed by atoms with Gasteiger partial charge >= 0.3 is 0 Å². The highest BCUT2D eigenvalue weighted by Gasteiger charge is 2.34. The number of amides is 1. The standard InChI is InChI=1S/C20H24N2O/c1-3-14-8-11-20(23)22-13-12-16-15-6-4-5-7-18(15)21(2)19(16)10-9-17(14)22/h4-7,9-10,14,17H,3,8,11-13H2,1-2H3/b10-9-/t14-,17-/m1/s1. The zero-order chi connectivity index (χ0) is 16.0. The molecule has 1 saturated heterocycles. The van der Waals surface area contributed by atoms with Crippen LogP contribution in [0.25, 0.3) is 17.0 Å². The van der Waals surface area contributed by atoms with Gasteiger partial charge in [-0.25, -0.2) is 0 Å². The van der Waals surface area contributed by atoms with E-state index in [-0.39, 0.29) is 6.04 Å². The van der Waals surface area contributed by atoms with Gasteiger partial charge in [-0.1, -0.05) is 37.6 Å². The Labute approximate surface area is 137 Å². The number of hydrogen-bond donors (Lipinski definition) is 0. The molecular formula is C20H24N2O. The first-order valence-electron chi connectivity index (χ1n) is 8.74. The lowest BCUT2D eigenvalue weighted by Gasteiger charge is -2.40. The minimum absolute atomic E-state index is 0.271. The van der Waals surface area contributed by atoms with Crippen LogP contribution in [0.3, 0.4) is 0 Å². The Hall–Kier alpha value is -2.03. The van der Waals surface area contributed by atoms with Crippen LogP contribution in [0.15, 0.2) is 30.3 Å². The van der Waals surface area contributed by atoms with E-state index in [1.165, 1.54) is 22.2 Å². The summed E-state index contributed by atoms with van der Waals surface area (Å²) in [5, 5.41) is 1.32. The van der Waals surface area contributed by atoms with Gasteiger partial charge < -0.3 is 9.47 Å². The summed E-state index contributed by atoms with van der Waals surface area (Å²) in [5.41, 5.74) is 3.96. The van der Waals surface area contributed by atoms with Gasteiger partial charge in [-0.2, -0.15) is 0 Å². The molecule has 0 aliphatic carbocycles. The molecular weight excluding hydrogens is 284 g/mol. The summed E-state index contributed by atoms with van der Waals surface area (Å²) in [5.74, 6) is 0.924. The van der Waals surface area contributed by atoms with Crippen molar-refractivity contribution >= 4 is 22.9 Å². The van der Waals surface area contributed by atoms with Crippen LogP contribution < -0.4 is 0 Å². The summed E-state index contributed by atoms with van der Waals surface area (Å²) in [7, 11) is 2.15. The first-order chi connectivity index (χ1) is 11.2. The Morgan fingerprint density at radius 2 is 2.04 bits per heavy atom. The number of benzene rings is 1. The van der Waals surface area contributed by atoms with E-state index in [1.807, 2.05) is 0 Å². The lowest BCUT2D eigenvalue weighted by atomic mass is 9.85. The second-order valence-electron chi connectivity index (χ2n) is 6.83. The van der Waals surface area contributed by atoms with Gasteiger partial charge in [0.25, 0.3) is 0 Å². The molecule has 2 aromatic rings. The van der Waals surface area contributed by atoms with E-state index in [2.05, 4.69) is 59.9 Å². The number of para-hydroxylation sites is 1. The third kappa shape index (κ3) is 2.21. The summed E-state index contributed by atoms with van der Waals surface area (Å²) in [6, 6.07) is 8.86. The van der Waals surface area contributed by atoms with E-state index in [1.54, 1.807) is 0 Å². The van der Waals surface area contributed by atoms with E-state index in [4.69, 9.17) is 0 Å². The molecule has 0 radical (unpaired) electrons. The molecule has 2 aliphatic heterocycles. The zero-order valence-corrected chi connectivity index (χ0v) is 14.0. The highest BCUT2D eigenvalue weighted by Crippen LogP contribution is 2.33. The van der Waals surface area contributed by atoms with Gasteiger partial charge in [-0.3, -0.25) is 4.79 Å². The molecule has 1 aromatic heterocycles. The molecule has 23 heavy (non-hydrogen) atoms. The predicted octanol–water partition coefficient (Wildman–Crippen LogP) is 3.76. The second-order valence-corrected chi connectivity index (χ2v) is 6.83. The summed E-state index contributed by atoms with van der Waals surface area (Å²) in [6.45, 7) is 3.08. The highest BCUT2D eigenvalue weighted by atomic mass is 16.2. The number of piperidine rings is 1. The largest absolute Gasteiger partial charge is 0.344 e. The van der Waals surface area contributed by atoms with Crippen LogP contribution in [0.5, 0.6) is 0 Å². The molecule has 0 saturated carbocycles. The predicted molar refractivity (Wildman–Crippen MR) is 94.2 cm³/mol. The number of nitrogens with zero attached hydrogens (tertiary/aromatic N) is 2. The number of carbonyl (C=O) groups excluding carboxylic acids is 1. The highest BCUT2D eigenvalue weighted by molar-refractivity contribution is 5.88. The molecule has 0 unspecified atom stereocenters. The number of aryl methyl sites for hydroxylation is 1. The maximum atomic E-state index is 12.4. The Morgan fingerprint density at radius 1 is 1.22 bits per heavy atom. The maximum Gasteiger partial charge on any atom is 0.223 e. The van der Waals surface area contributed by atoms with Crippen LogP contribution in [0, 0.1) is 5.92 Å². The van der Waals surface area contributed by atoms with Crippen molar-refractivity contribution in [1.29, 1.82) is 0 Å². The van der Waals surface area contributed by atoms with Gasteiger partial charge in [-0.05, 0) is 36.5 Å². The fraction of sp³-hybridized carbons (Fsp3) is 0.450. The normalized spacial score (nSPS) is 25.7. The molecule has 2 atom stereocenters. The van der Waals surface area contributed by atoms with E-state index < -0.39 is 0 Å². The van der Waals surface area contributed by atoms with Gasteiger partial charge in [0.05, 0.1) is 6.04 Å². The van der Waals surface area contributed by atoms with Gasteiger partial charge in [-0.15, -0.1) is 0 Å². The van der Waals surface area contributed by atoms with E-state index >= 15 is 0 Å². The molecule has 1 amide bonds. The fourth-order valence-electron chi connectivity index (χ4n) is 4.41. The molecule has 1 aromatic carbocycles. The summed E-state index contributed by atoms with van der Waals surface area (Å²) in [4.78, 5) is 14.5. The van der Waals surface area contributed by atoms with Crippen molar-refractivity contribution < 1.29 is 4.79 Å². The molecule has 0 spiro atoms. The van der Waals surface area contributed by atoms with Crippen molar-refractivity contribution in [3.05, 3.63) is 41.6 Å². The van der Waals surface area contributed by atoms with Crippen molar-refractivity contribution in [1.82, 2.24) is 9.47 Å². The quantitative estimate of drug-likeness (QED) is 0.787. The van der Waals surface area contributed by atoms with Gasteiger partial charge in [0, 0.05) is 36.6 Å². The Kier molecular flexibility index (Phi) is 3.51. The van der Waals surface area contributed by atoms with Crippen molar-refractivity contribution in [2.24, 2.45) is 13.0 Å². The molecule has 3 nitrogen and oxygen atoms in total. The zero-order valence-electron chi connectivity index (χ0n) is 14.0. The smallest absolute Gasteiger partial charge is 0.223 e. The number of rotatable bonds is 1. The second kappa shape index (κ2) is 5.55. The van der Waals surface area contributed by atoms with E-state index in [0.717, 1.165) is 25.8 Å². The van der Waals surface area contributed by atoms with Gasteiger partial charge in [0.2, 0.25) is 5.91 Å². The first-order valence-corrected chi connectivity index (χ1v) is 8.74. The molecule has 3 heteroatoms. The molecule has 0 N–H and O–H groups in total. The van der Waals surface area contributed by atoms with Crippen molar-refractivity contribution in [3.63, 3.8) is 0 Å². The Bertz CT molecular complexity index is 786. The third-order valence-corrected chi connectivity index (χ3v) is 5.73. The average Bonchev–Trinajstić information content (AvgIpc) is 2.81. The molecule has 120 valence electrons. The Morgan fingerprint density at radius 3 is 2.87 bits per heavy atom. The van der Waals surface area contributed by atoms with Crippen LogP contribution in [-0.2, 0) is 18.3 Å². The van der Waals surface area contributed by atoms with Crippen LogP contribution in [-0.4, -0.2) is 28.0 Å². The van der Waals surface area contributed by atoms with Crippen molar-refractivity contribution in [2.75, 3.05) is 6.54 Å². The van der Waals surface area contributed by atoms with Gasteiger partial charge in [0.15, 0.2) is 0 Å². The van der Waals surface area contributed by atoms with E-state index in [0.29, 0.717) is 18.2 Å². The molecule has 0 bridgehead atoms. The third-order valence-electron chi connectivity index (χ3n) is 5.73. The topological polar surface area (TPSA) is 25.2 Å². The number of carbonyl (C=O) groups is 1. The lowest BCUT2D eigenvalue weighted by Crippen LogP contribution is -2.48. The number of fused-ring (bicyclic) bond motifs is 4. The van der Waals surface area contributed by atoms with Crippen molar-refractivity contribution in [3.8, 4) is 0 Å². The van der Waals surface area contributed by atoms with Crippen LogP contribution >= 0.6 is 0 Å². The average molecular weight is 308 g/mol.